The maximum atomic E-state index is 12.0. The summed E-state index contributed by atoms with van der Waals surface area (Å²) in [6.45, 7) is 4.68. The minimum atomic E-state index is -0.934. The average Bonchev–Trinajstić information content (AvgIpc) is 3.33. The van der Waals surface area contributed by atoms with Crippen molar-refractivity contribution in [2.75, 3.05) is 13.7 Å². The molecule has 1 atom stereocenters. The second kappa shape index (κ2) is 7.23. The van der Waals surface area contributed by atoms with Crippen molar-refractivity contribution in [2.24, 2.45) is 0 Å². The molecule has 0 amide bonds. The van der Waals surface area contributed by atoms with Crippen molar-refractivity contribution >= 4 is 5.97 Å². The standard InChI is InChI=1S/C18H23N3O4/c1-4-21(10-15-19-17(25-20-15)12-6-7-12)16(18(22)23)13-9-11(2)5-8-14(13)24-3/h5,8-9,12,16H,4,6-7,10H2,1-3H3,(H,22,23). The molecule has 1 aliphatic rings. The van der Waals surface area contributed by atoms with Gasteiger partial charge in [-0.05, 0) is 32.4 Å². The van der Waals surface area contributed by atoms with Gasteiger partial charge in [-0.2, -0.15) is 4.98 Å². The Morgan fingerprint density at radius 3 is 2.84 bits per heavy atom. The summed E-state index contributed by atoms with van der Waals surface area (Å²) < 4.78 is 10.7. The van der Waals surface area contributed by atoms with E-state index in [0.717, 1.165) is 18.4 Å². The normalized spacial score (nSPS) is 15.4. The molecule has 0 spiro atoms. The lowest BCUT2D eigenvalue weighted by molar-refractivity contribution is -0.144. The van der Waals surface area contributed by atoms with Gasteiger partial charge in [-0.1, -0.05) is 29.8 Å². The lowest BCUT2D eigenvalue weighted by Crippen LogP contribution is -2.34. The smallest absolute Gasteiger partial charge is 0.325 e. The van der Waals surface area contributed by atoms with Crippen LogP contribution in [0.25, 0.3) is 0 Å². The Bertz CT molecular complexity index is 755. The number of aromatic nitrogens is 2. The molecule has 1 aliphatic carbocycles. The van der Waals surface area contributed by atoms with Gasteiger partial charge in [0.25, 0.3) is 0 Å². The second-order valence-electron chi connectivity index (χ2n) is 6.37. The summed E-state index contributed by atoms with van der Waals surface area (Å²) in [5, 5.41) is 13.9. The summed E-state index contributed by atoms with van der Waals surface area (Å²) in [4.78, 5) is 18.3. The number of rotatable bonds is 8. The Hall–Kier alpha value is -2.41. The number of carboxylic acids is 1. The number of benzene rings is 1. The molecule has 1 N–H and O–H groups in total. The summed E-state index contributed by atoms with van der Waals surface area (Å²) in [6.07, 6.45) is 2.16. The Labute approximate surface area is 146 Å². The Balaban J connectivity index is 1.88. The first kappa shape index (κ1) is 17.4. The van der Waals surface area contributed by atoms with E-state index in [1.165, 1.54) is 0 Å². The van der Waals surface area contributed by atoms with Crippen LogP contribution in [0.2, 0.25) is 0 Å². The maximum Gasteiger partial charge on any atom is 0.325 e. The zero-order valence-corrected chi connectivity index (χ0v) is 14.7. The van der Waals surface area contributed by atoms with Crippen molar-refractivity contribution in [3.8, 4) is 5.75 Å². The number of ether oxygens (including phenoxy) is 1. The Kier molecular flexibility index (Phi) is 5.03. The van der Waals surface area contributed by atoms with Gasteiger partial charge in [0.15, 0.2) is 5.82 Å². The van der Waals surface area contributed by atoms with Gasteiger partial charge in [0, 0.05) is 11.5 Å². The molecular weight excluding hydrogens is 322 g/mol. The predicted octanol–water partition coefficient (Wildman–Crippen LogP) is 2.91. The fourth-order valence-electron chi connectivity index (χ4n) is 2.95. The zero-order valence-electron chi connectivity index (χ0n) is 14.7. The SMILES string of the molecule is CCN(Cc1noc(C2CC2)n1)C(C(=O)O)c1cc(C)ccc1OC. The van der Waals surface area contributed by atoms with Crippen molar-refractivity contribution in [3.05, 3.63) is 41.0 Å². The molecule has 1 aromatic carbocycles. The third-order valence-corrected chi connectivity index (χ3v) is 4.44. The molecule has 2 aromatic rings. The van der Waals surface area contributed by atoms with Crippen LogP contribution in [0, 0.1) is 6.92 Å². The van der Waals surface area contributed by atoms with Gasteiger partial charge in [0.05, 0.1) is 13.7 Å². The van der Waals surface area contributed by atoms with E-state index in [1.54, 1.807) is 18.1 Å². The van der Waals surface area contributed by atoms with Crippen LogP contribution in [0.5, 0.6) is 5.75 Å². The second-order valence-corrected chi connectivity index (χ2v) is 6.37. The molecule has 1 aromatic heterocycles. The van der Waals surface area contributed by atoms with Crippen LogP contribution in [-0.4, -0.2) is 39.8 Å². The number of carbonyl (C=O) groups is 1. The van der Waals surface area contributed by atoms with Crippen molar-refractivity contribution in [1.29, 1.82) is 0 Å². The van der Waals surface area contributed by atoms with Crippen molar-refractivity contribution in [1.82, 2.24) is 15.0 Å². The van der Waals surface area contributed by atoms with E-state index < -0.39 is 12.0 Å². The molecule has 0 saturated heterocycles. The summed E-state index contributed by atoms with van der Waals surface area (Å²) in [6, 6.07) is 4.71. The van der Waals surface area contributed by atoms with Crippen LogP contribution in [0.15, 0.2) is 22.7 Å². The first-order valence-corrected chi connectivity index (χ1v) is 8.47. The van der Waals surface area contributed by atoms with Gasteiger partial charge >= 0.3 is 5.97 Å². The van der Waals surface area contributed by atoms with Gasteiger partial charge in [-0.15, -0.1) is 0 Å². The van der Waals surface area contributed by atoms with Crippen LogP contribution < -0.4 is 4.74 Å². The van der Waals surface area contributed by atoms with Crippen molar-refractivity contribution in [3.63, 3.8) is 0 Å². The topological polar surface area (TPSA) is 88.7 Å². The van der Waals surface area contributed by atoms with E-state index >= 15 is 0 Å². The molecule has 3 rings (SSSR count). The molecule has 1 fully saturated rings. The molecule has 0 aliphatic heterocycles. The van der Waals surface area contributed by atoms with Crippen LogP contribution in [0.1, 0.15) is 54.6 Å². The van der Waals surface area contributed by atoms with E-state index in [4.69, 9.17) is 9.26 Å². The predicted molar refractivity (Wildman–Crippen MR) is 90.5 cm³/mol. The van der Waals surface area contributed by atoms with E-state index in [2.05, 4.69) is 10.1 Å². The highest BCUT2D eigenvalue weighted by Crippen LogP contribution is 2.39. The van der Waals surface area contributed by atoms with Gasteiger partial charge in [-0.3, -0.25) is 9.69 Å². The first-order valence-electron chi connectivity index (χ1n) is 8.47. The van der Waals surface area contributed by atoms with E-state index in [1.807, 2.05) is 26.0 Å². The number of aliphatic carboxylic acids is 1. The Morgan fingerprint density at radius 1 is 1.48 bits per heavy atom. The third kappa shape index (κ3) is 3.82. The largest absolute Gasteiger partial charge is 0.496 e. The number of nitrogens with zero attached hydrogens (tertiary/aromatic N) is 3. The maximum absolute atomic E-state index is 12.0. The van der Waals surface area contributed by atoms with E-state index in [-0.39, 0.29) is 0 Å². The highest BCUT2D eigenvalue weighted by atomic mass is 16.5. The van der Waals surface area contributed by atoms with Crippen molar-refractivity contribution < 1.29 is 19.2 Å². The summed E-state index contributed by atoms with van der Waals surface area (Å²) in [5.74, 6) is 1.18. The highest BCUT2D eigenvalue weighted by molar-refractivity contribution is 5.77. The molecule has 1 saturated carbocycles. The number of likely N-dealkylation sites (N-methyl/N-ethyl adjacent to an activating group) is 1. The van der Waals surface area contributed by atoms with E-state index in [0.29, 0.717) is 42.0 Å². The lowest BCUT2D eigenvalue weighted by Gasteiger charge is -2.28. The molecule has 1 heterocycles. The van der Waals surface area contributed by atoms with Crippen LogP contribution in [0.4, 0.5) is 0 Å². The minimum absolute atomic E-state index is 0.306. The third-order valence-electron chi connectivity index (χ3n) is 4.44. The number of aryl methyl sites for hydroxylation is 1. The van der Waals surface area contributed by atoms with E-state index in [9.17, 15) is 9.90 Å². The van der Waals surface area contributed by atoms with Gasteiger partial charge < -0.3 is 14.4 Å². The fourth-order valence-corrected chi connectivity index (χ4v) is 2.95. The number of hydrogen-bond donors (Lipinski definition) is 1. The van der Waals surface area contributed by atoms with Crippen molar-refractivity contribution in [2.45, 2.75) is 45.2 Å². The fraction of sp³-hybridized carbons (Fsp3) is 0.500. The van der Waals surface area contributed by atoms with Gasteiger partial charge in [0.1, 0.15) is 11.8 Å². The molecule has 7 heteroatoms. The Morgan fingerprint density at radius 2 is 2.24 bits per heavy atom. The van der Waals surface area contributed by atoms with Crippen LogP contribution in [-0.2, 0) is 11.3 Å². The van der Waals surface area contributed by atoms with Crippen LogP contribution in [0.3, 0.4) is 0 Å². The van der Waals surface area contributed by atoms with Crippen LogP contribution >= 0.6 is 0 Å². The molecule has 7 nitrogen and oxygen atoms in total. The summed E-state index contributed by atoms with van der Waals surface area (Å²) >= 11 is 0. The lowest BCUT2D eigenvalue weighted by atomic mass is 10.0. The van der Waals surface area contributed by atoms with Gasteiger partial charge in [-0.25, -0.2) is 0 Å². The minimum Gasteiger partial charge on any atom is -0.496 e. The molecule has 0 radical (unpaired) electrons. The number of methoxy groups -OCH3 is 1. The molecule has 0 bridgehead atoms. The molecule has 25 heavy (non-hydrogen) atoms. The summed E-state index contributed by atoms with van der Waals surface area (Å²) in [5.41, 5.74) is 1.61. The average molecular weight is 345 g/mol. The first-order chi connectivity index (χ1) is 12.0. The molecule has 134 valence electrons. The number of hydrogen-bond acceptors (Lipinski definition) is 6. The number of carboxylic acid groups (broad SMARTS) is 1. The summed E-state index contributed by atoms with van der Waals surface area (Å²) in [7, 11) is 1.55. The molecular formula is C18H23N3O4. The quantitative estimate of drug-likeness (QED) is 0.787. The zero-order chi connectivity index (χ0) is 18.0. The monoisotopic (exact) mass is 345 g/mol. The van der Waals surface area contributed by atoms with Gasteiger partial charge in [0.2, 0.25) is 5.89 Å². The molecule has 1 unspecified atom stereocenters. The highest BCUT2D eigenvalue weighted by Gasteiger charge is 2.32.